The van der Waals surface area contributed by atoms with E-state index in [9.17, 15) is 14.7 Å². The van der Waals surface area contributed by atoms with Crippen LogP contribution < -0.4 is 24.8 Å². The van der Waals surface area contributed by atoms with Crippen molar-refractivity contribution in [2.24, 2.45) is 10.9 Å². The molecule has 216 valence electrons. The Balaban J connectivity index is 1.44. The van der Waals surface area contributed by atoms with Crippen molar-refractivity contribution in [3.63, 3.8) is 0 Å². The highest BCUT2D eigenvalue weighted by Crippen LogP contribution is 2.56. The summed E-state index contributed by atoms with van der Waals surface area (Å²) < 4.78 is 23.9. The van der Waals surface area contributed by atoms with Gasteiger partial charge >= 0.3 is 5.97 Å². The van der Waals surface area contributed by atoms with Crippen LogP contribution in [0.15, 0.2) is 58.3 Å². The highest BCUT2D eigenvalue weighted by molar-refractivity contribution is 6.03. The Morgan fingerprint density at radius 1 is 1.19 bits per heavy atom. The van der Waals surface area contributed by atoms with Crippen molar-refractivity contribution >= 4 is 23.4 Å². The van der Waals surface area contributed by atoms with Crippen molar-refractivity contribution in [2.75, 3.05) is 20.3 Å². The fourth-order valence-corrected chi connectivity index (χ4v) is 6.93. The van der Waals surface area contributed by atoms with Gasteiger partial charge in [-0.15, -0.1) is 0 Å². The molecule has 3 unspecified atom stereocenters. The van der Waals surface area contributed by atoms with Gasteiger partial charge in [0.25, 0.3) is 0 Å². The number of nitrogens with zero attached hydrogens (tertiary/aromatic N) is 1. The number of ketones is 1. The summed E-state index contributed by atoms with van der Waals surface area (Å²) in [6.07, 6.45) is 6.91. The molecule has 0 aromatic heterocycles. The maximum atomic E-state index is 13.6. The van der Waals surface area contributed by atoms with E-state index < -0.39 is 17.7 Å². The summed E-state index contributed by atoms with van der Waals surface area (Å²) in [5.74, 6) is 0.734. The monoisotopic (exact) mass is 567 g/mol. The lowest BCUT2D eigenvalue weighted by molar-refractivity contribution is -0.141. The maximum absolute atomic E-state index is 13.6. The molecule has 2 aromatic rings. The Kier molecular flexibility index (Phi) is 6.17. The van der Waals surface area contributed by atoms with Gasteiger partial charge in [0.2, 0.25) is 5.76 Å². The molecule has 2 aliphatic carbocycles. The number of fused-ring (bicyclic) bond motifs is 6. The first-order valence-electron chi connectivity index (χ1n) is 14.5. The largest absolute Gasteiger partial charge is 0.496 e. The SMILES string of the molecule is CCOC(=O)C1=C2C=CC3C(=C2c2c(cc4c(c2OC)CC(C(C)(C)O)O4)O1)CCC(=O)C3c1ccc2c(c1)=CCN=2. The number of Topliss-reactive ketones (excluding diaryl/α,β-unsaturated/α-hetero) is 1. The number of allylic oxidation sites excluding steroid dienone is 5. The van der Waals surface area contributed by atoms with Crippen LogP contribution in [0.25, 0.3) is 11.6 Å². The van der Waals surface area contributed by atoms with Gasteiger partial charge in [0, 0.05) is 41.5 Å². The number of aliphatic hydroxyl groups is 1. The lowest BCUT2D eigenvalue weighted by atomic mass is 9.66. The Morgan fingerprint density at radius 2 is 2.02 bits per heavy atom. The third kappa shape index (κ3) is 4.03. The summed E-state index contributed by atoms with van der Waals surface area (Å²) in [6, 6.07) is 7.88. The molecule has 0 radical (unpaired) electrons. The van der Waals surface area contributed by atoms with Gasteiger partial charge in [-0.2, -0.15) is 0 Å². The van der Waals surface area contributed by atoms with Gasteiger partial charge in [-0.3, -0.25) is 9.79 Å². The third-order valence-corrected chi connectivity index (χ3v) is 8.92. The third-order valence-electron chi connectivity index (χ3n) is 8.92. The second-order valence-electron chi connectivity index (χ2n) is 11.9. The van der Waals surface area contributed by atoms with Gasteiger partial charge in [-0.25, -0.2) is 4.79 Å². The van der Waals surface area contributed by atoms with Crippen LogP contribution in [0, 0.1) is 5.92 Å². The first-order chi connectivity index (χ1) is 20.2. The molecule has 1 N–H and O–H groups in total. The number of ether oxygens (including phenoxy) is 4. The van der Waals surface area contributed by atoms with E-state index in [4.69, 9.17) is 18.9 Å². The normalized spacial score (nSPS) is 23.5. The van der Waals surface area contributed by atoms with E-state index in [1.807, 2.05) is 24.3 Å². The second kappa shape index (κ2) is 9.70. The number of hydrogen-bond donors (Lipinski definition) is 1. The molecule has 2 aromatic carbocycles. The number of hydrogen-bond acceptors (Lipinski definition) is 8. The molecular weight excluding hydrogens is 534 g/mol. The van der Waals surface area contributed by atoms with Crippen molar-refractivity contribution < 1.29 is 33.6 Å². The number of benzene rings is 2. The summed E-state index contributed by atoms with van der Waals surface area (Å²) in [6.45, 7) is 6.04. The Morgan fingerprint density at radius 3 is 2.79 bits per heavy atom. The highest BCUT2D eigenvalue weighted by Gasteiger charge is 2.45. The molecule has 42 heavy (non-hydrogen) atoms. The van der Waals surface area contributed by atoms with Crippen molar-refractivity contribution in [1.29, 1.82) is 0 Å². The molecule has 0 bridgehead atoms. The van der Waals surface area contributed by atoms with E-state index in [2.05, 4.69) is 17.1 Å². The number of carbonyl (C=O) groups is 2. The zero-order valence-electron chi connectivity index (χ0n) is 24.2. The van der Waals surface area contributed by atoms with Crippen molar-refractivity contribution in [3.05, 3.63) is 80.6 Å². The molecule has 0 saturated heterocycles. The van der Waals surface area contributed by atoms with E-state index in [1.54, 1.807) is 33.9 Å². The lowest BCUT2D eigenvalue weighted by Gasteiger charge is -2.38. The van der Waals surface area contributed by atoms with Crippen LogP contribution in [-0.4, -0.2) is 48.8 Å². The average Bonchev–Trinajstić information content (AvgIpc) is 3.62. The average molecular weight is 568 g/mol. The number of esters is 1. The van der Waals surface area contributed by atoms with Crippen LogP contribution in [0.5, 0.6) is 17.2 Å². The minimum absolute atomic E-state index is 0.0998. The fraction of sp³-hybridized carbons (Fsp3) is 0.382. The molecule has 3 heterocycles. The number of rotatable bonds is 5. The maximum Gasteiger partial charge on any atom is 0.374 e. The molecule has 3 aliphatic heterocycles. The van der Waals surface area contributed by atoms with Crippen LogP contribution in [0.2, 0.25) is 0 Å². The van der Waals surface area contributed by atoms with E-state index >= 15 is 0 Å². The summed E-state index contributed by atoms with van der Waals surface area (Å²) in [4.78, 5) is 31.3. The standard InChI is InChI=1S/C34H33NO7/c1-5-40-33(37)32-21-8-7-19-20(9-11-24(36)28(19)18-6-10-23-17(14-18)12-13-35-23)29(21)30-26(42-32)16-25-22(31(30)39-4)15-27(41-25)34(2,3)38/h6-8,10,12,14,16,19,27-28,38H,5,9,11,13,15H2,1-4H3. The summed E-state index contributed by atoms with van der Waals surface area (Å²) >= 11 is 0. The molecule has 3 atom stereocenters. The number of methoxy groups -OCH3 is 1. The van der Waals surface area contributed by atoms with Crippen molar-refractivity contribution in [3.8, 4) is 17.2 Å². The van der Waals surface area contributed by atoms with E-state index in [0.29, 0.717) is 48.6 Å². The first kappa shape index (κ1) is 26.7. The van der Waals surface area contributed by atoms with Gasteiger partial charge in [0.1, 0.15) is 29.1 Å². The van der Waals surface area contributed by atoms with Gasteiger partial charge < -0.3 is 24.1 Å². The van der Waals surface area contributed by atoms with E-state index in [0.717, 1.165) is 38.4 Å². The Hall–Kier alpha value is -4.17. The van der Waals surface area contributed by atoms with Crippen LogP contribution in [0.1, 0.15) is 56.2 Å². The zero-order valence-corrected chi connectivity index (χ0v) is 24.2. The Bertz CT molecular complexity index is 1770. The second-order valence-corrected chi connectivity index (χ2v) is 11.9. The minimum atomic E-state index is -1.08. The summed E-state index contributed by atoms with van der Waals surface area (Å²) in [5, 5.41) is 12.7. The first-order valence-corrected chi connectivity index (χ1v) is 14.5. The van der Waals surface area contributed by atoms with Crippen molar-refractivity contribution in [2.45, 2.75) is 57.7 Å². The number of carbonyl (C=O) groups excluding carboxylic acids is 2. The molecule has 5 aliphatic rings. The predicted molar refractivity (Wildman–Crippen MR) is 155 cm³/mol. The smallest absolute Gasteiger partial charge is 0.374 e. The van der Waals surface area contributed by atoms with Crippen LogP contribution >= 0.6 is 0 Å². The van der Waals surface area contributed by atoms with Gasteiger partial charge in [0.15, 0.2) is 0 Å². The molecule has 8 heteroatoms. The fourth-order valence-electron chi connectivity index (χ4n) is 6.93. The summed E-state index contributed by atoms with van der Waals surface area (Å²) in [7, 11) is 1.61. The minimum Gasteiger partial charge on any atom is -0.496 e. The van der Waals surface area contributed by atoms with Gasteiger partial charge in [-0.05, 0) is 50.1 Å². The molecule has 1 fully saturated rings. The van der Waals surface area contributed by atoms with Crippen LogP contribution in [0.3, 0.4) is 0 Å². The highest BCUT2D eigenvalue weighted by atomic mass is 16.6. The molecular formula is C34H33NO7. The van der Waals surface area contributed by atoms with Crippen LogP contribution in [0.4, 0.5) is 0 Å². The topological polar surface area (TPSA) is 104 Å². The van der Waals surface area contributed by atoms with Gasteiger partial charge in [-0.1, -0.05) is 29.9 Å². The van der Waals surface area contributed by atoms with E-state index in [-0.39, 0.29) is 30.0 Å². The molecule has 1 saturated carbocycles. The molecule has 0 amide bonds. The quantitative estimate of drug-likeness (QED) is 0.552. The van der Waals surface area contributed by atoms with Gasteiger partial charge in [0.05, 0.1) is 42.7 Å². The predicted octanol–water partition coefficient (Wildman–Crippen LogP) is 3.48. The van der Waals surface area contributed by atoms with Crippen LogP contribution in [-0.2, 0) is 20.7 Å². The molecule has 8 nitrogen and oxygen atoms in total. The van der Waals surface area contributed by atoms with Crippen molar-refractivity contribution in [1.82, 2.24) is 0 Å². The lowest BCUT2D eigenvalue weighted by Crippen LogP contribution is -2.39. The Labute approximate surface area is 243 Å². The molecule has 7 rings (SSSR count). The summed E-state index contributed by atoms with van der Waals surface area (Å²) in [5.41, 5.74) is 3.99. The van der Waals surface area contributed by atoms with E-state index in [1.165, 1.54) is 0 Å². The molecule has 0 spiro atoms. The zero-order chi connectivity index (χ0) is 29.3.